The number of aryl methyl sites for hydroxylation is 2. The minimum atomic E-state index is -0.995. The van der Waals surface area contributed by atoms with Crippen LogP contribution < -0.4 is 10.1 Å². The van der Waals surface area contributed by atoms with Crippen LogP contribution in [0, 0.1) is 5.82 Å². The number of ether oxygens (including phenoxy) is 3. The van der Waals surface area contributed by atoms with Crippen LogP contribution in [-0.2, 0) is 33.7 Å². The molecule has 1 saturated heterocycles. The fourth-order valence-corrected chi connectivity index (χ4v) is 5.23. The molecule has 1 aromatic heterocycles. The van der Waals surface area contributed by atoms with E-state index in [2.05, 4.69) is 5.32 Å². The van der Waals surface area contributed by atoms with Crippen molar-refractivity contribution in [1.82, 2.24) is 9.88 Å². The molecule has 1 unspecified atom stereocenters. The van der Waals surface area contributed by atoms with Crippen LogP contribution in [0.25, 0.3) is 0 Å². The molecule has 38 heavy (non-hydrogen) atoms. The highest BCUT2D eigenvalue weighted by Gasteiger charge is 2.35. The van der Waals surface area contributed by atoms with Crippen molar-refractivity contribution in [2.75, 3.05) is 38.7 Å². The van der Waals surface area contributed by atoms with Crippen LogP contribution in [-0.4, -0.2) is 66.5 Å². The van der Waals surface area contributed by atoms with Crippen molar-refractivity contribution in [2.24, 2.45) is 0 Å². The summed E-state index contributed by atoms with van der Waals surface area (Å²) in [5, 5.41) is 13.5. The second kappa shape index (κ2) is 13.4. The van der Waals surface area contributed by atoms with E-state index in [0.29, 0.717) is 30.8 Å². The summed E-state index contributed by atoms with van der Waals surface area (Å²) in [7, 11) is 1.69. The Morgan fingerprint density at radius 3 is 2.89 bits per heavy atom. The van der Waals surface area contributed by atoms with Crippen molar-refractivity contribution >= 4 is 11.7 Å². The number of carbonyl (C=O) groups is 1. The molecule has 3 heterocycles. The Labute approximate surface area is 224 Å². The van der Waals surface area contributed by atoms with E-state index in [1.54, 1.807) is 13.2 Å². The highest BCUT2D eigenvalue weighted by atomic mass is 19.1. The Kier molecular flexibility index (Phi) is 9.93. The molecule has 2 aromatic rings. The minimum absolute atomic E-state index is 0.0113. The van der Waals surface area contributed by atoms with Gasteiger partial charge in [0.2, 0.25) is 0 Å². The number of hydrogen-bond acceptors (Lipinski definition) is 7. The van der Waals surface area contributed by atoms with Crippen molar-refractivity contribution in [3.63, 3.8) is 0 Å². The average Bonchev–Trinajstić information content (AvgIpc) is 3.35. The highest BCUT2D eigenvalue weighted by molar-refractivity contribution is 5.76. The summed E-state index contributed by atoms with van der Waals surface area (Å²) in [5.74, 6) is -0.587. The molecule has 0 aliphatic carbocycles. The number of nitrogens with one attached hydrogen (secondary N) is 1. The van der Waals surface area contributed by atoms with Crippen LogP contribution in [0.15, 0.2) is 24.3 Å². The lowest BCUT2D eigenvalue weighted by molar-refractivity contribution is -0.143. The van der Waals surface area contributed by atoms with Crippen LogP contribution in [0.3, 0.4) is 0 Å². The molecule has 9 heteroatoms. The fourth-order valence-electron chi connectivity index (χ4n) is 5.23. The largest absolute Gasteiger partial charge is 0.494 e. The number of methoxy groups -OCH3 is 1. The van der Waals surface area contributed by atoms with Crippen molar-refractivity contribution in [2.45, 2.75) is 77.2 Å². The first-order chi connectivity index (χ1) is 18.4. The molecule has 0 spiro atoms. The van der Waals surface area contributed by atoms with E-state index in [9.17, 15) is 14.3 Å². The molecule has 1 aromatic carbocycles. The predicted octanol–water partition coefficient (Wildman–Crippen LogP) is 4.75. The molecule has 2 N–H and O–H groups in total. The predicted molar refractivity (Wildman–Crippen MR) is 143 cm³/mol. The number of carboxylic acids is 1. The number of carboxylic acid groups (broad SMARTS) is 1. The van der Waals surface area contributed by atoms with Gasteiger partial charge in [0, 0.05) is 38.0 Å². The number of pyridine rings is 1. The van der Waals surface area contributed by atoms with E-state index in [4.69, 9.17) is 19.2 Å². The van der Waals surface area contributed by atoms with Gasteiger partial charge in [-0.1, -0.05) is 6.07 Å². The summed E-state index contributed by atoms with van der Waals surface area (Å²) in [4.78, 5) is 19.0. The summed E-state index contributed by atoms with van der Waals surface area (Å²) < 4.78 is 31.5. The molecule has 208 valence electrons. The number of hydrogen-bond donors (Lipinski definition) is 2. The van der Waals surface area contributed by atoms with Gasteiger partial charge in [0.15, 0.2) is 0 Å². The summed E-state index contributed by atoms with van der Waals surface area (Å²) >= 11 is 0. The molecule has 2 aliphatic heterocycles. The number of unbranched alkanes of at least 4 members (excludes halogenated alkanes) is 1. The molecule has 0 bridgehead atoms. The number of benzene rings is 1. The number of rotatable bonds is 13. The van der Waals surface area contributed by atoms with Gasteiger partial charge >= 0.3 is 5.97 Å². The van der Waals surface area contributed by atoms with Crippen LogP contribution in [0.1, 0.15) is 68.1 Å². The third-order valence-corrected chi connectivity index (χ3v) is 7.15. The standard InChI is InChI=1S/C29H40FN3O5/c1-19(2)38-18-20-9-10-21(30)15-24(20)28(29(34)35)33-13-11-23(17-33)37-14-5-4-7-22-16-26(36-3)27-25(32-22)8-6-12-31-27/h9-10,15-16,19,23,28,31H,4-8,11-14,17-18H2,1-3H3,(H,34,35)/t23-,28?/m1/s1. The lowest BCUT2D eigenvalue weighted by Crippen LogP contribution is -2.34. The zero-order valence-corrected chi connectivity index (χ0v) is 22.7. The van der Waals surface area contributed by atoms with Gasteiger partial charge in [-0.25, -0.2) is 4.39 Å². The number of fused-ring (bicyclic) bond motifs is 1. The van der Waals surface area contributed by atoms with E-state index in [1.165, 1.54) is 12.1 Å². The van der Waals surface area contributed by atoms with E-state index in [0.717, 1.165) is 67.9 Å². The second-order valence-electron chi connectivity index (χ2n) is 10.3. The van der Waals surface area contributed by atoms with Crippen LogP contribution in [0.5, 0.6) is 5.75 Å². The molecule has 2 atom stereocenters. The number of aromatic nitrogens is 1. The molecular formula is C29H40FN3O5. The minimum Gasteiger partial charge on any atom is -0.494 e. The van der Waals surface area contributed by atoms with Gasteiger partial charge in [0.25, 0.3) is 0 Å². The summed E-state index contributed by atoms with van der Waals surface area (Å²) in [6, 6.07) is 5.38. The van der Waals surface area contributed by atoms with Gasteiger partial charge in [-0.05, 0) is 75.6 Å². The van der Waals surface area contributed by atoms with Crippen molar-refractivity contribution in [1.29, 1.82) is 0 Å². The molecule has 2 aliphatic rings. The second-order valence-corrected chi connectivity index (χ2v) is 10.3. The lowest BCUT2D eigenvalue weighted by Gasteiger charge is -2.26. The van der Waals surface area contributed by atoms with Crippen molar-refractivity contribution in [3.05, 3.63) is 52.6 Å². The molecule has 1 fully saturated rings. The molecule has 8 nitrogen and oxygen atoms in total. The Morgan fingerprint density at radius 1 is 1.29 bits per heavy atom. The molecule has 4 rings (SSSR count). The Morgan fingerprint density at radius 2 is 2.13 bits per heavy atom. The molecule has 0 amide bonds. The first kappa shape index (κ1) is 28.3. The summed E-state index contributed by atoms with van der Waals surface area (Å²) in [5.41, 5.74) is 4.28. The number of halogens is 1. The van der Waals surface area contributed by atoms with Gasteiger partial charge < -0.3 is 24.6 Å². The summed E-state index contributed by atoms with van der Waals surface area (Å²) in [6.07, 6.45) is 5.41. The van der Waals surface area contributed by atoms with Crippen molar-refractivity contribution < 1.29 is 28.5 Å². The zero-order valence-electron chi connectivity index (χ0n) is 22.7. The molecular weight excluding hydrogens is 489 g/mol. The maximum Gasteiger partial charge on any atom is 0.325 e. The Bertz CT molecular complexity index is 1080. The van der Waals surface area contributed by atoms with Gasteiger partial charge in [0.05, 0.1) is 37.3 Å². The van der Waals surface area contributed by atoms with E-state index >= 15 is 0 Å². The number of anilines is 1. The Balaban J connectivity index is 1.28. The Hall–Kier alpha value is -2.75. The van der Waals surface area contributed by atoms with Crippen LogP contribution in [0.2, 0.25) is 0 Å². The quantitative estimate of drug-likeness (QED) is 0.359. The highest BCUT2D eigenvalue weighted by Crippen LogP contribution is 2.32. The van der Waals surface area contributed by atoms with Gasteiger partial charge in [-0.3, -0.25) is 14.7 Å². The lowest BCUT2D eigenvalue weighted by atomic mass is 9.99. The average molecular weight is 530 g/mol. The SMILES string of the molecule is COc1cc(CCCCO[C@@H]2CCN(C(C(=O)O)c3cc(F)ccc3COC(C)C)C2)nc2c1NCCC2. The molecule has 0 radical (unpaired) electrons. The topological polar surface area (TPSA) is 93.2 Å². The van der Waals surface area contributed by atoms with Gasteiger partial charge in [-0.2, -0.15) is 0 Å². The first-order valence-electron chi connectivity index (χ1n) is 13.6. The number of aliphatic carboxylic acids is 1. The van der Waals surface area contributed by atoms with Crippen molar-refractivity contribution in [3.8, 4) is 5.75 Å². The van der Waals surface area contributed by atoms with E-state index in [-0.39, 0.29) is 18.8 Å². The van der Waals surface area contributed by atoms with Gasteiger partial charge in [0.1, 0.15) is 17.6 Å². The maximum absolute atomic E-state index is 14.1. The third-order valence-electron chi connectivity index (χ3n) is 7.15. The maximum atomic E-state index is 14.1. The number of likely N-dealkylation sites (tertiary alicyclic amines) is 1. The fraction of sp³-hybridized carbons (Fsp3) is 0.586. The van der Waals surface area contributed by atoms with E-state index in [1.807, 2.05) is 24.8 Å². The smallest absolute Gasteiger partial charge is 0.325 e. The third kappa shape index (κ3) is 7.21. The first-order valence-corrected chi connectivity index (χ1v) is 13.6. The normalized spacial score (nSPS) is 18.3. The van der Waals surface area contributed by atoms with Crippen LogP contribution in [0.4, 0.5) is 10.1 Å². The molecule has 0 saturated carbocycles. The number of nitrogens with zero attached hydrogens (tertiary/aromatic N) is 2. The monoisotopic (exact) mass is 529 g/mol. The van der Waals surface area contributed by atoms with Crippen LogP contribution >= 0.6 is 0 Å². The van der Waals surface area contributed by atoms with Gasteiger partial charge in [-0.15, -0.1) is 0 Å². The van der Waals surface area contributed by atoms with E-state index < -0.39 is 17.8 Å². The summed E-state index contributed by atoms with van der Waals surface area (Å²) in [6.45, 7) is 6.70. The zero-order chi connectivity index (χ0) is 27.1.